The zero-order valence-corrected chi connectivity index (χ0v) is 13.5. The van der Waals surface area contributed by atoms with Crippen molar-refractivity contribution in [3.63, 3.8) is 0 Å². The molecule has 0 saturated heterocycles. The van der Waals surface area contributed by atoms with Crippen molar-refractivity contribution >= 4 is 5.97 Å². The van der Waals surface area contributed by atoms with Gasteiger partial charge in [0.1, 0.15) is 5.54 Å². The monoisotopic (exact) mass is 289 g/mol. The molecular formula is C15H31NO4. The van der Waals surface area contributed by atoms with Crippen molar-refractivity contribution in [2.24, 2.45) is 0 Å². The maximum absolute atomic E-state index is 11.8. The van der Waals surface area contributed by atoms with Crippen molar-refractivity contribution in [1.82, 2.24) is 5.32 Å². The third-order valence-electron chi connectivity index (χ3n) is 3.25. The Morgan fingerprint density at radius 2 is 1.80 bits per heavy atom. The third kappa shape index (κ3) is 8.51. The Morgan fingerprint density at radius 1 is 1.10 bits per heavy atom. The Bertz CT molecular complexity index is 248. The van der Waals surface area contributed by atoms with Gasteiger partial charge in [0, 0.05) is 26.9 Å². The smallest absolute Gasteiger partial charge is 0.325 e. The highest BCUT2D eigenvalue weighted by atomic mass is 16.5. The molecule has 0 radical (unpaired) electrons. The molecule has 20 heavy (non-hydrogen) atoms. The number of ether oxygens (including phenoxy) is 3. The first-order chi connectivity index (χ1) is 9.60. The minimum Gasteiger partial charge on any atom is -0.468 e. The van der Waals surface area contributed by atoms with Crippen LogP contribution in [0.4, 0.5) is 0 Å². The second-order valence-corrected chi connectivity index (χ2v) is 5.17. The van der Waals surface area contributed by atoms with Crippen LogP contribution in [0.3, 0.4) is 0 Å². The lowest BCUT2D eigenvalue weighted by Crippen LogP contribution is -2.50. The van der Waals surface area contributed by atoms with E-state index in [4.69, 9.17) is 14.2 Å². The van der Waals surface area contributed by atoms with Gasteiger partial charge in [-0.3, -0.25) is 4.79 Å². The summed E-state index contributed by atoms with van der Waals surface area (Å²) >= 11 is 0. The summed E-state index contributed by atoms with van der Waals surface area (Å²) in [6.45, 7) is 7.01. The predicted octanol–water partition coefficient (Wildman–Crippen LogP) is 2.14. The Labute approximate surface area is 123 Å². The standard InChI is InChI=1S/C15H31NO4/c1-5-10-16-15(2,14(17)19-4)9-6-7-12-20-13-8-11-18-3/h16H,5-13H2,1-4H3. The normalized spacial score (nSPS) is 14.0. The molecule has 0 spiro atoms. The van der Waals surface area contributed by atoms with Gasteiger partial charge in [0.2, 0.25) is 0 Å². The summed E-state index contributed by atoms with van der Waals surface area (Å²) in [5, 5.41) is 3.28. The summed E-state index contributed by atoms with van der Waals surface area (Å²) in [4.78, 5) is 11.8. The van der Waals surface area contributed by atoms with Crippen LogP contribution >= 0.6 is 0 Å². The minimum absolute atomic E-state index is 0.188. The number of hydrogen-bond donors (Lipinski definition) is 1. The summed E-state index contributed by atoms with van der Waals surface area (Å²) in [7, 11) is 3.13. The molecule has 0 rings (SSSR count). The van der Waals surface area contributed by atoms with E-state index >= 15 is 0 Å². The van der Waals surface area contributed by atoms with Gasteiger partial charge in [-0.05, 0) is 45.6 Å². The van der Waals surface area contributed by atoms with E-state index in [0.717, 1.165) is 58.5 Å². The van der Waals surface area contributed by atoms with Crippen LogP contribution in [0.5, 0.6) is 0 Å². The molecule has 1 unspecified atom stereocenters. The maximum Gasteiger partial charge on any atom is 0.325 e. The van der Waals surface area contributed by atoms with Gasteiger partial charge in [-0.2, -0.15) is 0 Å². The summed E-state index contributed by atoms with van der Waals surface area (Å²) in [5.74, 6) is -0.188. The summed E-state index contributed by atoms with van der Waals surface area (Å²) in [6.07, 6.45) is 4.57. The Morgan fingerprint density at radius 3 is 2.40 bits per heavy atom. The number of carbonyl (C=O) groups excluding carboxylic acids is 1. The molecule has 0 aromatic heterocycles. The van der Waals surface area contributed by atoms with E-state index in [0.29, 0.717) is 0 Å². The average molecular weight is 289 g/mol. The van der Waals surface area contributed by atoms with Gasteiger partial charge in [0.25, 0.3) is 0 Å². The molecule has 1 atom stereocenters. The summed E-state index contributed by atoms with van der Waals surface area (Å²) in [6, 6.07) is 0. The van der Waals surface area contributed by atoms with Crippen molar-refractivity contribution in [3.8, 4) is 0 Å². The van der Waals surface area contributed by atoms with E-state index in [1.54, 1.807) is 7.11 Å². The molecule has 0 saturated carbocycles. The Hall–Kier alpha value is -0.650. The first kappa shape index (κ1) is 19.4. The van der Waals surface area contributed by atoms with Crippen molar-refractivity contribution in [2.45, 2.75) is 51.5 Å². The van der Waals surface area contributed by atoms with Gasteiger partial charge in [0.05, 0.1) is 7.11 Å². The number of unbranched alkanes of at least 4 members (excludes halogenated alkanes) is 1. The van der Waals surface area contributed by atoms with Crippen LogP contribution in [-0.4, -0.2) is 52.1 Å². The number of nitrogens with one attached hydrogen (secondary N) is 1. The molecule has 0 aliphatic heterocycles. The molecule has 0 aliphatic carbocycles. The van der Waals surface area contributed by atoms with Gasteiger partial charge < -0.3 is 19.5 Å². The summed E-state index contributed by atoms with van der Waals surface area (Å²) < 4.78 is 15.3. The average Bonchev–Trinajstić information content (AvgIpc) is 2.47. The number of hydrogen-bond acceptors (Lipinski definition) is 5. The molecule has 1 N–H and O–H groups in total. The highest BCUT2D eigenvalue weighted by Crippen LogP contribution is 2.16. The first-order valence-electron chi connectivity index (χ1n) is 7.50. The number of rotatable bonds is 13. The van der Waals surface area contributed by atoms with Crippen LogP contribution in [0.15, 0.2) is 0 Å². The molecule has 0 heterocycles. The van der Waals surface area contributed by atoms with Gasteiger partial charge in [-0.1, -0.05) is 6.92 Å². The van der Waals surface area contributed by atoms with Crippen molar-refractivity contribution in [3.05, 3.63) is 0 Å². The fourth-order valence-corrected chi connectivity index (χ4v) is 1.98. The fraction of sp³-hybridized carbons (Fsp3) is 0.933. The molecule has 5 heteroatoms. The van der Waals surface area contributed by atoms with Crippen LogP contribution in [0.2, 0.25) is 0 Å². The van der Waals surface area contributed by atoms with Crippen molar-refractivity contribution in [1.29, 1.82) is 0 Å². The lowest BCUT2D eigenvalue weighted by molar-refractivity contribution is -0.148. The van der Waals surface area contributed by atoms with Gasteiger partial charge >= 0.3 is 5.97 Å². The SMILES string of the molecule is CCCNC(C)(CCCCOCCCOC)C(=O)OC. The molecule has 0 amide bonds. The van der Waals surface area contributed by atoms with Crippen LogP contribution in [0.25, 0.3) is 0 Å². The third-order valence-corrected chi connectivity index (χ3v) is 3.25. The zero-order chi connectivity index (χ0) is 15.3. The zero-order valence-electron chi connectivity index (χ0n) is 13.5. The number of methoxy groups -OCH3 is 2. The second kappa shape index (κ2) is 12.1. The molecule has 120 valence electrons. The molecule has 0 aliphatic rings. The molecule has 0 aromatic carbocycles. The van der Waals surface area contributed by atoms with Crippen LogP contribution in [0, 0.1) is 0 Å². The molecular weight excluding hydrogens is 258 g/mol. The Kier molecular flexibility index (Phi) is 11.7. The number of carbonyl (C=O) groups is 1. The Balaban J connectivity index is 3.82. The van der Waals surface area contributed by atoms with E-state index in [2.05, 4.69) is 12.2 Å². The predicted molar refractivity (Wildman–Crippen MR) is 79.9 cm³/mol. The quantitative estimate of drug-likeness (QED) is 0.416. The highest BCUT2D eigenvalue weighted by molar-refractivity contribution is 5.80. The van der Waals surface area contributed by atoms with Crippen molar-refractivity contribution < 1.29 is 19.0 Å². The molecule has 0 bridgehead atoms. The van der Waals surface area contributed by atoms with E-state index in [-0.39, 0.29) is 5.97 Å². The van der Waals surface area contributed by atoms with Crippen molar-refractivity contribution in [2.75, 3.05) is 40.6 Å². The fourth-order valence-electron chi connectivity index (χ4n) is 1.98. The number of esters is 1. The maximum atomic E-state index is 11.8. The largest absolute Gasteiger partial charge is 0.468 e. The lowest BCUT2D eigenvalue weighted by atomic mass is 9.94. The van der Waals surface area contributed by atoms with Crippen LogP contribution in [-0.2, 0) is 19.0 Å². The van der Waals surface area contributed by atoms with Gasteiger partial charge in [0.15, 0.2) is 0 Å². The molecule has 0 fully saturated rings. The lowest BCUT2D eigenvalue weighted by Gasteiger charge is -2.28. The first-order valence-corrected chi connectivity index (χ1v) is 7.50. The topological polar surface area (TPSA) is 56.8 Å². The second-order valence-electron chi connectivity index (χ2n) is 5.17. The van der Waals surface area contributed by atoms with E-state index < -0.39 is 5.54 Å². The van der Waals surface area contributed by atoms with E-state index in [9.17, 15) is 4.79 Å². The summed E-state index contributed by atoms with van der Waals surface area (Å²) in [5.41, 5.74) is -0.583. The van der Waals surface area contributed by atoms with Gasteiger partial charge in [-0.15, -0.1) is 0 Å². The van der Waals surface area contributed by atoms with E-state index in [1.807, 2.05) is 6.92 Å². The van der Waals surface area contributed by atoms with Gasteiger partial charge in [-0.25, -0.2) is 0 Å². The molecule has 0 aromatic rings. The van der Waals surface area contributed by atoms with Crippen LogP contribution in [0.1, 0.15) is 46.0 Å². The van der Waals surface area contributed by atoms with E-state index in [1.165, 1.54) is 7.11 Å². The molecule has 5 nitrogen and oxygen atoms in total. The minimum atomic E-state index is -0.583. The van der Waals surface area contributed by atoms with Crippen LogP contribution < -0.4 is 5.32 Å². The highest BCUT2D eigenvalue weighted by Gasteiger charge is 2.32.